The van der Waals surface area contributed by atoms with Gasteiger partial charge in [-0.25, -0.2) is 13.4 Å². The summed E-state index contributed by atoms with van der Waals surface area (Å²) in [6.45, 7) is 5.14. The Balaban J connectivity index is 2.36. The lowest BCUT2D eigenvalue weighted by Crippen LogP contribution is -2.38. The molecule has 0 saturated heterocycles. The number of sulfonamides is 1. The maximum Gasteiger partial charge on any atom is 0.263 e. The van der Waals surface area contributed by atoms with Crippen LogP contribution >= 0.6 is 22.9 Å². The number of halogens is 1. The van der Waals surface area contributed by atoms with Crippen LogP contribution in [0.5, 0.6) is 0 Å². The highest BCUT2D eigenvalue weighted by atomic mass is 35.5. The number of nitrogens with zero attached hydrogens (tertiary/aromatic N) is 1. The van der Waals surface area contributed by atoms with Crippen molar-refractivity contribution < 1.29 is 13.2 Å². The standard InChI is InChI=1S/C15H18ClN3O3S2/c1-4-15(3,13(17)20)12-8-23-14(18-12)19-24(21,22)11-7-5-6-10(16)9(11)2/h5-8H,4H2,1-3H3,(H2,17,20)(H,18,19). The Morgan fingerprint density at radius 3 is 2.71 bits per heavy atom. The third-order valence-electron chi connectivity index (χ3n) is 4.05. The van der Waals surface area contributed by atoms with Crippen LogP contribution in [0.1, 0.15) is 31.5 Å². The zero-order valence-electron chi connectivity index (χ0n) is 13.5. The van der Waals surface area contributed by atoms with E-state index in [9.17, 15) is 13.2 Å². The molecule has 0 aliphatic rings. The highest BCUT2D eigenvalue weighted by Crippen LogP contribution is 2.31. The van der Waals surface area contributed by atoms with Crippen molar-refractivity contribution in [2.45, 2.75) is 37.5 Å². The first-order valence-electron chi connectivity index (χ1n) is 7.15. The quantitative estimate of drug-likeness (QED) is 0.794. The molecule has 1 aromatic heterocycles. The summed E-state index contributed by atoms with van der Waals surface area (Å²) in [5.74, 6) is -0.504. The molecule has 2 rings (SSSR count). The number of aromatic nitrogens is 1. The van der Waals surface area contributed by atoms with Gasteiger partial charge in [-0.3, -0.25) is 9.52 Å². The Bertz CT molecular complexity index is 880. The molecule has 0 fully saturated rings. The second kappa shape index (κ2) is 6.70. The first kappa shape index (κ1) is 18.7. The Morgan fingerprint density at radius 1 is 1.46 bits per heavy atom. The number of anilines is 1. The predicted octanol–water partition coefficient (Wildman–Crippen LogP) is 3.06. The zero-order valence-corrected chi connectivity index (χ0v) is 15.8. The summed E-state index contributed by atoms with van der Waals surface area (Å²) < 4.78 is 27.5. The van der Waals surface area contributed by atoms with E-state index in [4.69, 9.17) is 17.3 Å². The number of carbonyl (C=O) groups is 1. The fraction of sp³-hybridized carbons (Fsp3) is 0.333. The summed E-state index contributed by atoms with van der Waals surface area (Å²) >= 11 is 7.08. The van der Waals surface area contributed by atoms with E-state index in [-0.39, 0.29) is 10.0 Å². The van der Waals surface area contributed by atoms with Crippen molar-refractivity contribution in [1.29, 1.82) is 0 Å². The van der Waals surface area contributed by atoms with Crippen LogP contribution in [0.2, 0.25) is 5.02 Å². The van der Waals surface area contributed by atoms with Crippen molar-refractivity contribution >= 4 is 44.0 Å². The molecule has 0 aliphatic heterocycles. The third-order valence-corrected chi connectivity index (χ3v) is 6.83. The number of amides is 1. The number of hydrogen-bond acceptors (Lipinski definition) is 5. The molecule has 0 spiro atoms. The van der Waals surface area contributed by atoms with Crippen LogP contribution in [0.25, 0.3) is 0 Å². The highest BCUT2D eigenvalue weighted by Gasteiger charge is 2.34. The maximum absolute atomic E-state index is 12.5. The van der Waals surface area contributed by atoms with E-state index in [1.54, 1.807) is 31.4 Å². The molecule has 2 aromatic rings. The van der Waals surface area contributed by atoms with Crippen molar-refractivity contribution in [2.24, 2.45) is 5.73 Å². The van der Waals surface area contributed by atoms with Crippen molar-refractivity contribution in [3.05, 3.63) is 39.9 Å². The molecular weight excluding hydrogens is 370 g/mol. The molecule has 6 nitrogen and oxygen atoms in total. The van der Waals surface area contributed by atoms with Gasteiger partial charge in [0, 0.05) is 10.4 Å². The van der Waals surface area contributed by atoms with E-state index >= 15 is 0 Å². The molecule has 0 radical (unpaired) electrons. The molecule has 130 valence electrons. The molecule has 0 bridgehead atoms. The smallest absolute Gasteiger partial charge is 0.263 e. The highest BCUT2D eigenvalue weighted by molar-refractivity contribution is 7.93. The summed E-state index contributed by atoms with van der Waals surface area (Å²) in [6.07, 6.45) is 0.464. The van der Waals surface area contributed by atoms with Gasteiger partial charge < -0.3 is 5.73 Å². The topological polar surface area (TPSA) is 102 Å². The van der Waals surface area contributed by atoms with Gasteiger partial charge in [0.2, 0.25) is 5.91 Å². The monoisotopic (exact) mass is 387 g/mol. The van der Waals surface area contributed by atoms with E-state index in [0.29, 0.717) is 22.7 Å². The number of primary amides is 1. The summed E-state index contributed by atoms with van der Waals surface area (Å²) in [7, 11) is -3.83. The number of rotatable bonds is 6. The summed E-state index contributed by atoms with van der Waals surface area (Å²) in [6, 6.07) is 4.66. The van der Waals surface area contributed by atoms with Gasteiger partial charge in [-0.05, 0) is 38.0 Å². The average molecular weight is 388 g/mol. The summed E-state index contributed by atoms with van der Waals surface area (Å²) in [5.41, 5.74) is 5.42. The number of hydrogen-bond donors (Lipinski definition) is 2. The summed E-state index contributed by atoms with van der Waals surface area (Å²) in [4.78, 5) is 16.0. The number of nitrogens with two attached hydrogens (primary N) is 1. The second-order valence-electron chi connectivity index (χ2n) is 5.56. The fourth-order valence-corrected chi connectivity index (χ4v) is 4.70. The Labute approximate surface area is 150 Å². The second-order valence-corrected chi connectivity index (χ2v) is 8.47. The van der Waals surface area contributed by atoms with Crippen molar-refractivity contribution in [3.8, 4) is 0 Å². The number of nitrogens with one attached hydrogen (secondary N) is 1. The summed E-state index contributed by atoms with van der Waals surface area (Å²) in [5, 5.41) is 2.17. The van der Waals surface area contributed by atoms with Gasteiger partial charge in [-0.1, -0.05) is 24.6 Å². The van der Waals surface area contributed by atoms with Crippen LogP contribution in [-0.2, 0) is 20.2 Å². The van der Waals surface area contributed by atoms with Crippen LogP contribution in [-0.4, -0.2) is 19.3 Å². The molecule has 3 N–H and O–H groups in total. The van der Waals surface area contributed by atoms with Gasteiger partial charge in [-0.15, -0.1) is 11.3 Å². The lowest BCUT2D eigenvalue weighted by molar-refractivity contribution is -0.123. The molecule has 1 heterocycles. The average Bonchev–Trinajstić information content (AvgIpc) is 2.96. The molecule has 1 atom stereocenters. The number of thiazole rings is 1. The zero-order chi connectivity index (χ0) is 18.1. The van der Waals surface area contributed by atoms with Crippen LogP contribution in [0.3, 0.4) is 0 Å². The molecular formula is C15H18ClN3O3S2. The minimum absolute atomic E-state index is 0.0832. The van der Waals surface area contributed by atoms with E-state index in [1.165, 1.54) is 6.07 Å². The first-order chi connectivity index (χ1) is 11.1. The van der Waals surface area contributed by atoms with Gasteiger partial charge >= 0.3 is 0 Å². The van der Waals surface area contributed by atoms with Crippen molar-refractivity contribution in [1.82, 2.24) is 4.98 Å². The van der Waals surface area contributed by atoms with Gasteiger partial charge in [-0.2, -0.15) is 0 Å². The largest absolute Gasteiger partial charge is 0.369 e. The van der Waals surface area contributed by atoms with E-state index in [2.05, 4.69) is 9.71 Å². The lowest BCUT2D eigenvalue weighted by atomic mass is 9.84. The van der Waals surface area contributed by atoms with Crippen molar-refractivity contribution in [3.63, 3.8) is 0 Å². The molecule has 24 heavy (non-hydrogen) atoms. The number of carbonyl (C=O) groups excluding carboxylic acids is 1. The van der Waals surface area contributed by atoms with Crippen LogP contribution < -0.4 is 10.5 Å². The Morgan fingerprint density at radius 2 is 2.12 bits per heavy atom. The van der Waals surface area contributed by atoms with E-state index in [0.717, 1.165) is 11.3 Å². The fourth-order valence-electron chi connectivity index (χ4n) is 2.10. The first-order valence-corrected chi connectivity index (χ1v) is 9.89. The van der Waals surface area contributed by atoms with Crippen molar-refractivity contribution in [2.75, 3.05) is 4.72 Å². The number of benzene rings is 1. The van der Waals surface area contributed by atoms with Gasteiger partial charge in [0.1, 0.15) is 0 Å². The molecule has 1 amide bonds. The van der Waals surface area contributed by atoms with Gasteiger partial charge in [0.05, 0.1) is 16.0 Å². The third kappa shape index (κ3) is 3.40. The molecule has 1 aromatic carbocycles. The van der Waals surface area contributed by atoms with Crippen LogP contribution in [0.15, 0.2) is 28.5 Å². The molecule has 1 unspecified atom stereocenters. The molecule has 0 saturated carbocycles. The van der Waals surface area contributed by atoms with E-state index < -0.39 is 21.3 Å². The molecule has 0 aliphatic carbocycles. The van der Waals surface area contributed by atoms with Gasteiger partial charge in [0.15, 0.2) is 5.13 Å². The van der Waals surface area contributed by atoms with Crippen LogP contribution in [0.4, 0.5) is 5.13 Å². The predicted molar refractivity (Wildman–Crippen MR) is 95.9 cm³/mol. The normalized spacial score (nSPS) is 14.2. The minimum atomic E-state index is -3.83. The lowest BCUT2D eigenvalue weighted by Gasteiger charge is -2.21. The van der Waals surface area contributed by atoms with Gasteiger partial charge in [0.25, 0.3) is 10.0 Å². The maximum atomic E-state index is 12.5. The van der Waals surface area contributed by atoms with Crippen LogP contribution in [0, 0.1) is 6.92 Å². The Hall–Kier alpha value is -1.64. The molecule has 9 heteroatoms. The minimum Gasteiger partial charge on any atom is -0.369 e. The SMILES string of the molecule is CCC(C)(C(N)=O)c1csc(NS(=O)(=O)c2cccc(Cl)c2C)n1. The Kier molecular flexibility index (Phi) is 5.22. The van der Waals surface area contributed by atoms with E-state index in [1.807, 2.05) is 6.92 Å².